The van der Waals surface area contributed by atoms with Crippen molar-refractivity contribution in [1.29, 1.82) is 0 Å². The van der Waals surface area contributed by atoms with Gasteiger partial charge in [0.15, 0.2) is 5.50 Å². The number of likely N-dealkylation sites (N-methyl/N-ethyl adjacent to an activating group) is 1. The molecule has 0 saturated carbocycles. The Hall–Kier alpha value is -3.51. The molecule has 40 heavy (non-hydrogen) atoms. The molecule has 0 radical (unpaired) electrons. The Morgan fingerprint density at radius 2 is 1.98 bits per heavy atom. The second-order valence-electron chi connectivity index (χ2n) is 8.83. The first kappa shape index (κ1) is 29.5. The Bertz CT molecular complexity index is 1460. The molecule has 3 aromatic heterocycles. The number of benzene rings is 1. The van der Waals surface area contributed by atoms with Gasteiger partial charge in [0.1, 0.15) is 5.65 Å². The smallest absolute Gasteiger partial charge is 0.265 e. The van der Waals surface area contributed by atoms with Gasteiger partial charge in [-0.15, -0.1) is 11.3 Å². The number of nitrogens with one attached hydrogen (secondary N) is 4. The molecule has 1 unspecified atom stereocenters. The highest BCUT2D eigenvalue weighted by molar-refractivity contribution is 8.09. The third kappa shape index (κ3) is 6.97. The van der Waals surface area contributed by atoms with Crippen LogP contribution >= 0.6 is 23.1 Å². The maximum atomic E-state index is 12.8. The highest BCUT2D eigenvalue weighted by Gasteiger charge is 2.22. The number of amides is 1. The van der Waals surface area contributed by atoms with Crippen LogP contribution in [-0.4, -0.2) is 60.0 Å². The monoisotopic (exact) mass is 583 g/mol. The third-order valence-electron chi connectivity index (χ3n) is 6.14. The fourth-order valence-electron chi connectivity index (χ4n) is 4.20. The maximum absolute atomic E-state index is 12.8. The van der Waals surface area contributed by atoms with Crippen molar-refractivity contribution in [3.05, 3.63) is 83.3 Å². The number of thiophene rings is 1. The summed E-state index contributed by atoms with van der Waals surface area (Å²) in [5, 5.41) is 13.9. The summed E-state index contributed by atoms with van der Waals surface area (Å²) in [6.07, 6.45) is 5.99. The first-order chi connectivity index (χ1) is 19.6. The molecule has 0 spiro atoms. The molecule has 216 valence electrons. The van der Waals surface area contributed by atoms with E-state index in [2.05, 4.69) is 55.9 Å². The maximum Gasteiger partial charge on any atom is 0.265 e. The van der Waals surface area contributed by atoms with Crippen molar-refractivity contribution < 1.29 is 12.4 Å². The van der Waals surface area contributed by atoms with E-state index in [1.807, 2.05) is 69.7 Å². The number of fused-ring (bicyclic) bond motifs is 1. The molecular weight excluding hydrogens is 543 g/mol. The predicted octanol–water partition coefficient (Wildman–Crippen LogP) is 6.32. The van der Waals surface area contributed by atoms with Crippen molar-refractivity contribution in [2.45, 2.75) is 25.9 Å². The lowest BCUT2D eigenvalue weighted by Crippen LogP contribution is -2.24. The second kappa shape index (κ2) is 14.2. The SMILES string of the molecule is CC.CNc1ccccc1NC(=O)c1ccc(NC2NC=C(c3cnc4c(CN(C)CCOC)cccn34)S2)s1.[HH].[HH]. The summed E-state index contributed by atoms with van der Waals surface area (Å²) < 4.78 is 7.34. The number of rotatable bonds is 11. The number of para-hydroxylation sites is 2. The van der Waals surface area contributed by atoms with E-state index >= 15 is 0 Å². The minimum absolute atomic E-state index is 0. The molecule has 0 aliphatic carbocycles. The van der Waals surface area contributed by atoms with Crippen LogP contribution in [0.3, 0.4) is 0 Å². The molecule has 11 heteroatoms. The Morgan fingerprint density at radius 1 is 1.18 bits per heavy atom. The molecule has 1 amide bonds. The summed E-state index contributed by atoms with van der Waals surface area (Å²) in [4.78, 5) is 21.5. The van der Waals surface area contributed by atoms with E-state index in [1.54, 1.807) is 18.9 Å². The van der Waals surface area contributed by atoms with Crippen LogP contribution < -0.4 is 21.3 Å². The minimum atomic E-state index is -0.133. The predicted molar refractivity (Wildman–Crippen MR) is 173 cm³/mol. The van der Waals surface area contributed by atoms with Gasteiger partial charge in [-0.25, -0.2) is 4.98 Å². The van der Waals surface area contributed by atoms with Gasteiger partial charge in [0.25, 0.3) is 5.91 Å². The number of methoxy groups -OCH3 is 1. The lowest BCUT2D eigenvalue weighted by atomic mass is 10.2. The number of carbonyl (C=O) groups is 1. The molecule has 1 aromatic carbocycles. The molecule has 4 heterocycles. The largest absolute Gasteiger partial charge is 0.386 e. The van der Waals surface area contributed by atoms with Gasteiger partial charge in [0.2, 0.25) is 0 Å². The molecule has 5 rings (SSSR count). The zero-order valence-electron chi connectivity index (χ0n) is 23.5. The number of carbonyl (C=O) groups excluding carboxylic acids is 1. The van der Waals surface area contributed by atoms with E-state index in [0.29, 0.717) is 11.5 Å². The van der Waals surface area contributed by atoms with Gasteiger partial charge in [0, 0.05) is 48.1 Å². The van der Waals surface area contributed by atoms with Gasteiger partial charge in [-0.1, -0.05) is 43.8 Å². The molecule has 4 aromatic rings. The Balaban J connectivity index is 0.00000151. The Kier molecular flexibility index (Phi) is 10.5. The molecule has 4 N–H and O–H groups in total. The number of pyridine rings is 1. The fourth-order valence-corrected chi connectivity index (χ4v) is 6.09. The number of aromatic nitrogens is 2. The van der Waals surface area contributed by atoms with E-state index < -0.39 is 0 Å². The minimum Gasteiger partial charge on any atom is -0.386 e. The van der Waals surface area contributed by atoms with E-state index in [9.17, 15) is 4.79 Å². The van der Waals surface area contributed by atoms with Gasteiger partial charge >= 0.3 is 0 Å². The van der Waals surface area contributed by atoms with Crippen molar-refractivity contribution in [2.75, 3.05) is 50.3 Å². The van der Waals surface area contributed by atoms with Crippen LogP contribution in [0.1, 0.15) is 37.6 Å². The Labute approximate surface area is 247 Å². The average Bonchev–Trinajstić information content (AvgIpc) is 3.74. The number of hydrogen-bond donors (Lipinski definition) is 4. The number of nitrogens with zero attached hydrogens (tertiary/aromatic N) is 3. The fraction of sp³-hybridized carbons (Fsp3) is 0.310. The number of ether oxygens (including phenoxy) is 1. The van der Waals surface area contributed by atoms with Crippen molar-refractivity contribution in [3.8, 4) is 0 Å². The molecular formula is C29H41N7O2S2. The molecule has 9 nitrogen and oxygen atoms in total. The number of anilines is 3. The Morgan fingerprint density at radius 3 is 2.75 bits per heavy atom. The van der Waals surface area contributed by atoms with E-state index in [-0.39, 0.29) is 14.3 Å². The van der Waals surface area contributed by atoms with Gasteiger partial charge in [0.05, 0.1) is 44.7 Å². The summed E-state index contributed by atoms with van der Waals surface area (Å²) >= 11 is 3.11. The van der Waals surface area contributed by atoms with Gasteiger partial charge in [-0.2, -0.15) is 0 Å². The van der Waals surface area contributed by atoms with Crippen LogP contribution in [0.25, 0.3) is 10.6 Å². The summed E-state index contributed by atoms with van der Waals surface area (Å²) in [6.45, 7) is 6.36. The second-order valence-corrected chi connectivity index (χ2v) is 11.1. The number of imidazole rings is 1. The van der Waals surface area contributed by atoms with Crippen molar-refractivity contribution in [3.63, 3.8) is 0 Å². The van der Waals surface area contributed by atoms with Gasteiger partial charge < -0.3 is 26.0 Å². The van der Waals surface area contributed by atoms with E-state index in [0.717, 1.165) is 45.7 Å². The lowest BCUT2D eigenvalue weighted by molar-refractivity contribution is 0.103. The van der Waals surface area contributed by atoms with Crippen molar-refractivity contribution in [1.82, 2.24) is 19.6 Å². The van der Waals surface area contributed by atoms with Crippen LogP contribution in [0.4, 0.5) is 16.4 Å². The van der Waals surface area contributed by atoms with E-state index in [4.69, 9.17) is 9.72 Å². The third-order valence-corrected chi connectivity index (χ3v) is 8.23. The van der Waals surface area contributed by atoms with Crippen molar-refractivity contribution >= 4 is 55.9 Å². The molecule has 1 atom stereocenters. The molecule has 0 saturated heterocycles. The standard InChI is InChI=1S/C27H31N7O2S2.C2H6.2H2/c1-28-19-8-4-5-9-20(19)31-26(35)22-10-11-24(37-22)32-27-30-16-23(38-27)21-15-29-25-18(7-6-12-34(21)25)17-33(2)13-14-36-3;1-2;;/h4-12,15-16,27-28,30,32H,13-14,17H2,1-3H3,(H,31,35);1-2H3;2*1H. The van der Waals surface area contributed by atoms with Crippen LogP contribution in [0.2, 0.25) is 0 Å². The zero-order chi connectivity index (χ0) is 28.5. The summed E-state index contributed by atoms with van der Waals surface area (Å²) in [7, 11) is 5.64. The topological polar surface area (TPSA) is 95.0 Å². The van der Waals surface area contributed by atoms with Crippen LogP contribution in [-0.2, 0) is 11.3 Å². The number of hydrogen-bond acceptors (Lipinski definition) is 9. The average molecular weight is 584 g/mol. The van der Waals surface area contributed by atoms with Crippen LogP contribution in [0, 0.1) is 0 Å². The molecule has 0 fully saturated rings. The first-order valence-electron chi connectivity index (χ1n) is 13.3. The van der Waals surface area contributed by atoms with Crippen molar-refractivity contribution in [2.24, 2.45) is 0 Å². The summed E-state index contributed by atoms with van der Waals surface area (Å²) in [5.41, 5.74) is 4.74. The van der Waals surface area contributed by atoms with Crippen LogP contribution in [0.5, 0.6) is 0 Å². The highest BCUT2D eigenvalue weighted by atomic mass is 32.2. The van der Waals surface area contributed by atoms with Gasteiger partial charge in [-0.05, 0) is 37.4 Å². The first-order valence-corrected chi connectivity index (χ1v) is 15.0. The quantitative estimate of drug-likeness (QED) is 0.163. The molecule has 1 aliphatic heterocycles. The molecule has 1 aliphatic rings. The normalized spacial score (nSPS) is 14.3. The van der Waals surface area contributed by atoms with Gasteiger partial charge in [-0.3, -0.25) is 14.1 Å². The molecule has 0 bridgehead atoms. The summed E-state index contributed by atoms with van der Waals surface area (Å²) in [6, 6.07) is 15.6. The summed E-state index contributed by atoms with van der Waals surface area (Å²) in [5.74, 6) is -0.133. The highest BCUT2D eigenvalue weighted by Crippen LogP contribution is 2.36. The lowest BCUT2D eigenvalue weighted by Gasteiger charge is -2.16. The van der Waals surface area contributed by atoms with Crippen LogP contribution in [0.15, 0.2) is 67.1 Å². The zero-order valence-corrected chi connectivity index (χ0v) is 25.2. The van der Waals surface area contributed by atoms with E-state index in [1.165, 1.54) is 16.9 Å². The number of thioether (sulfide) groups is 1.